The summed E-state index contributed by atoms with van der Waals surface area (Å²) in [7, 11) is 0. The Bertz CT molecular complexity index is 386. The Kier molecular flexibility index (Phi) is 2.41. The topological polar surface area (TPSA) is 45.0 Å². The minimum atomic E-state index is 0.868. The molecule has 0 aliphatic heterocycles. The van der Waals surface area contributed by atoms with Gasteiger partial charge in [0.15, 0.2) is 0 Å². The summed E-state index contributed by atoms with van der Waals surface area (Å²) in [5.74, 6) is 6.85. The Morgan fingerprint density at radius 3 is 2.86 bits per heavy atom. The van der Waals surface area contributed by atoms with E-state index in [9.17, 15) is 0 Å². The van der Waals surface area contributed by atoms with Crippen LogP contribution in [0.4, 0.5) is 5.82 Å². The van der Waals surface area contributed by atoms with Gasteiger partial charge >= 0.3 is 0 Å². The lowest BCUT2D eigenvalue weighted by molar-refractivity contribution is 0.795. The summed E-state index contributed by atoms with van der Waals surface area (Å²) in [6, 6.07) is 10.3. The molecule has 0 radical (unpaired) electrons. The lowest BCUT2D eigenvalue weighted by atomic mass is 10.2. The highest BCUT2D eigenvalue weighted by molar-refractivity contribution is 5.83. The number of hydrazine groups is 1. The first kappa shape index (κ1) is 9.09. The summed E-state index contributed by atoms with van der Waals surface area (Å²) in [6.07, 6.45) is 1.05. The summed E-state index contributed by atoms with van der Waals surface area (Å²) >= 11 is 0. The number of hydrogen-bond acceptors (Lipinski definition) is 2. The molecule has 1 aromatic heterocycles. The molecule has 0 fully saturated rings. The average Bonchev–Trinajstić information content (AvgIpc) is 2.61. The van der Waals surface area contributed by atoms with Gasteiger partial charge in [0, 0.05) is 17.4 Å². The largest absolute Gasteiger partial charge is 0.340 e. The number of aromatic amines is 1. The first-order chi connectivity index (χ1) is 6.81. The monoisotopic (exact) mass is 189 g/mol. The van der Waals surface area contributed by atoms with E-state index in [-0.39, 0.29) is 0 Å². The Hall–Kier alpha value is -1.48. The van der Waals surface area contributed by atoms with Gasteiger partial charge in [-0.05, 0) is 18.6 Å². The molecule has 2 aromatic rings. The van der Waals surface area contributed by atoms with Crippen LogP contribution in [0.5, 0.6) is 0 Å². The fourth-order valence-corrected chi connectivity index (χ4v) is 1.57. The third-order valence-electron chi connectivity index (χ3n) is 2.29. The molecule has 0 saturated carbocycles. The summed E-state index contributed by atoms with van der Waals surface area (Å²) < 4.78 is 0. The smallest absolute Gasteiger partial charge is 0.121 e. The number of nitrogens with two attached hydrogens (primary N) is 1. The fourth-order valence-electron chi connectivity index (χ4n) is 1.57. The summed E-state index contributed by atoms with van der Waals surface area (Å²) in [5.41, 5.74) is 1.13. The van der Waals surface area contributed by atoms with Crippen LogP contribution in [-0.2, 0) is 0 Å². The molecule has 14 heavy (non-hydrogen) atoms. The van der Waals surface area contributed by atoms with Crippen LogP contribution in [0.25, 0.3) is 10.9 Å². The maximum absolute atomic E-state index is 5.87. The number of aromatic nitrogens is 1. The number of benzene rings is 1. The third kappa shape index (κ3) is 1.59. The highest BCUT2D eigenvalue weighted by Gasteiger charge is 2.03. The van der Waals surface area contributed by atoms with Crippen molar-refractivity contribution in [3.63, 3.8) is 0 Å². The van der Waals surface area contributed by atoms with Crippen molar-refractivity contribution in [2.45, 2.75) is 13.3 Å². The molecule has 0 spiro atoms. The second-order valence-electron chi connectivity index (χ2n) is 3.44. The zero-order valence-electron chi connectivity index (χ0n) is 8.33. The van der Waals surface area contributed by atoms with Crippen LogP contribution in [0.15, 0.2) is 30.3 Å². The normalized spacial score (nSPS) is 10.7. The first-order valence-corrected chi connectivity index (χ1v) is 4.91. The summed E-state index contributed by atoms with van der Waals surface area (Å²) in [4.78, 5) is 3.28. The molecule has 3 N–H and O–H groups in total. The van der Waals surface area contributed by atoms with Gasteiger partial charge in [0.25, 0.3) is 0 Å². The van der Waals surface area contributed by atoms with Gasteiger partial charge in [-0.25, -0.2) is 5.84 Å². The van der Waals surface area contributed by atoms with E-state index in [1.807, 2.05) is 12.1 Å². The van der Waals surface area contributed by atoms with Crippen molar-refractivity contribution in [1.82, 2.24) is 4.98 Å². The number of para-hydroxylation sites is 1. The second-order valence-corrected chi connectivity index (χ2v) is 3.44. The Morgan fingerprint density at radius 1 is 1.36 bits per heavy atom. The third-order valence-corrected chi connectivity index (χ3v) is 2.29. The van der Waals surface area contributed by atoms with E-state index in [0.29, 0.717) is 0 Å². The van der Waals surface area contributed by atoms with Gasteiger partial charge in [-0.3, -0.25) is 5.01 Å². The van der Waals surface area contributed by atoms with E-state index in [4.69, 9.17) is 5.84 Å². The van der Waals surface area contributed by atoms with E-state index >= 15 is 0 Å². The number of anilines is 1. The van der Waals surface area contributed by atoms with E-state index < -0.39 is 0 Å². The van der Waals surface area contributed by atoms with Gasteiger partial charge in [-0.2, -0.15) is 0 Å². The molecule has 0 atom stereocenters. The van der Waals surface area contributed by atoms with Crippen LogP contribution in [0.2, 0.25) is 0 Å². The highest BCUT2D eigenvalue weighted by atomic mass is 15.4. The van der Waals surface area contributed by atoms with E-state index in [1.165, 1.54) is 5.39 Å². The quantitative estimate of drug-likeness (QED) is 0.574. The number of H-pyrrole nitrogens is 1. The first-order valence-electron chi connectivity index (χ1n) is 4.91. The van der Waals surface area contributed by atoms with Gasteiger partial charge in [0.1, 0.15) is 5.82 Å². The summed E-state index contributed by atoms with van der Waals surface area (Å²) in [6.45, 7) is 2.98. The average molecular weight is 189 g/mol. The van der Waals surface area contributed by atoms with Gasteiger partial charge in [-0.1, -0.05) is 25.1 Å². The molecular weight excluding hydrogens is 174 g/mol. The van der Waals surface area contributed by atoms with Crippen molar-refractivity contribution >= 4 is 16.7 Å². The maximum atomic E-state index is 5.87. The number of rotatable bonds is 3. The van der Waals surface area contributed by atoms with Crippen molar-refractivity contribution in [2.24, 2.45) is 5.84 Å². The van der Waals surface area contributed by atoms with Crippen molar-refractivity contribution in [1.29, 1.82) is 0 Å². The van der Waals surface area contributed by atoms with Gasteiger partial charge in [0.2, 0.25) is 0 Å². The standard InChI is InChI=1S/C11H15N3/c1-2-7-14(12)11-8-9-5-3-4-6-10(9)13-11/h3-6,8,13H,2,7,12H2,1H3. The number of hydrogen-bond donors (Lipinski definition) is 2. The van der Waals surface area contributed by atoms with Gasteiger partial charge in [-0.15, -0.1) is 0 Å². The molecule has 0 amide bonds. The highest BCUT2D eigenvalue weighted by Crippen LogP contribution is 2.19. The second kappa shape index (κ2) is 3.72. The lowest BCUT2D eigenvalue weighted by Crippen LogP contribution is -2.31. The Balaban J connectivity index is 2.35. The van der Waals surface area contributed by atoms with Crippen LogP contribution < -0.4 is 10.9 Å². The summed E-state index contributed by atoms with van der Waals surface area (Å²) in [5, 5.41) is 2.95. The van der Waals surface area contributed by atoms with Crippen LogP contribution >= 0.6 is 0 Å². The molecule has 0 unspecified atom stereocenters. The van der Waals surface area contributed by atoms with Crippen molar-refractivity contribution in [2.75, 3.05) is 11.6 Å². The zero-order chi connectivity index (χ0) is 9.97. The SMILES string of the molecule is CCCN(N)c1cc2ccccc2[nH]1. The van der Waals surface area contributed by atoms with Crippen LogP contribution in [-0.4, -0.2) is 11.5 Å². The molecule has 0 aliphatic rings. The zero-order valence-corrected chi connectivity index (χ0v) is 8.33. The number of nitrogens with one attached hydrogen (secondary N) is 1. The molecule has 1 aromatic carbocycles. The maximum Gasteiger partial charge on any atom is 0.121 e. The van der Waals surface area contributed by atoms with Gasteiger partial charge < -0.3 is 4.98 Å². The predicted octanol–water partition coefficient (Wildman–Crippen LogP) is 2.26. The molecule has 2 rings (SSSR count). The molecule has 74 valence electrons. The molecular formula is C11H15N3. The van der Waals surface area contributed by atoms with Crippen LogP contribution in [0, 0.1) is 0 Å². The Morgan fingerprint density at radius 2 is 2.14 bits per heavy atom. The number of fused-ring (bicyclic) bond motifs is 1. The van der Waals surface area contributed by atoms with E-state index in [2.05, 4.69) is 30.1 Å². The molecule has 0 saturated heterocycles. The fraction of sp³-hybridized carbons (Fsp3) is 0.273. The van der Waals surface area contributed by atoms with Crippen LogP contribution in [0.3, 0.4) is 0 Å². The predicted molar refractivity (Wildman–Crippen MR) is 60.1 cm³/mol. The minimum absolute atomic E-state index is 0.868. The molecule has 0 bridgehead atoms. The van der Waals surface area contributed by atoms with Crippen molar-refractivity contribution < 1.29 is 0 Å². The molecule has 3 nitrogen and oxygen atoms in total. The van der Waals surface area contributed by atoms with E-state index in [0.717, 1.165) is 24.3 Å². The molecule has 1 heterocycles. The van der Waals surface area contributed by atoms with E-state index in [1.54, 1.807) is 5.01 Å². The number of nitrogens with zero attached hydrogens (tertiary/aromatic N) is 1. The molecule has 3 heteroatoms. The van der Waals surface area contributed by atoms with Crippen molar-refractivity contribution in [3.8, 4) is 0 Å². The minimum Gasteiger partial charge on any atom is -0.340 e. The Labute approximate surface area is 83.5 Å². The van der Waals surface area contributed by atoms with Crippen molar-refractivity contribution in [3.05, 3.63) is 30.3 Å². The molecule has 0 aliphatic carbocycles. The van der Waals surface area contributed by atoms with Gasteiger partial charge in [0.05, 0.1) is 0 Å². The van der Waals surface area contributed by atoms with Crippen LogP contribution in [0.1, 0.15) is 13.3 Å². The lowest BCUT2D eigenvalue weighted by Gasteiger charge is -2.14.